The van der Waals surface area contributed by atoms with Crippen molar-refractivity contribution in [2.24, 2.45) is 5.92 Å². The third kappa shape index (κ3) is 2.25. The lowest BCUT2D eigenvalue weighted by Crippen LogP contribution is -2.14. The standard InChI is InChI=1S/C13H17NO2/c1-9(12-6-7-14-8-12)10-2-4-11(5-3-10)13(15)16/h2-5,9,12,14H,6-8H2,1H3,(H,15,16). The first-order valence-corrected chi connectivity index (χ1v) is 5.72. The van der Waals surface area contributed by atoms with E-state index in [-0.39, 0.29) is 0 Å². The van der Waals surface area contributed by atoms with Gasteiger partial charge in [0.05, 0.1) is 5.56 Å². The number of hydrogen-bond donors (Lipinski definition) is 2. The van der Waals surface area contributed by atoms with Crippen molar-refractivity contribution in [2.45, 2.75) is 19.3 Å². The van der Waals surface area contributed by atoms with E-state index in [4.69, 9.17) is 5.11 Å². The van der Waals surface area contributed by atoms with Gasteiger partial charge in [-0.05, 0) is 49.0 Å². The van der Waals surface area contributed by atoms with Gasteiger partial charge in [-0.25, -0.2) is 4.79 Å². The molecular formula is C13H17NO2. The van der Waals surface area contributed by atoms with E-state index in [9.17, 15) is 4.79 Å². The summed E-state index contributed by atoms with van der Waals surface area (Å²) >= 11 is 0. The number of carboxylic acids is 1. The molecule has 0 spiro atoms. The number of carbonyl (C=O) groups is 1. The Hall–Kier alpha value is -1.35. The zero-order chi connectivity index (χ0) is 11.5. The molecule has 2 atom stereocenters. The fourth-order valence-corrected chi connectivity index (χ4v) is 2.31. The Morgan fingerprint density at radius 3 is 2.62 bits per heavy atom. The predicted octanol–water partition coefficient (Wildman–Crippen LogP) is 2.10. The molecule has 0 bridgehead atoms. The fourth-order valence-electron chi connectivity index (χ4n) is 2.31. The lowest BCUT2D eigenvalue weighted by molar-refractivity contribution is 0.0697. The van der Waals surface area contributed by atoms with Crippen LogP contribution in [0.2, 0.25) is 0 Å². The van der Waals surface area contributed by atoms with Crippen molar-refractivity contribution >= 4 is 5.97 Å². The van der Waals surface area contributed by atoms with Crippen LogP contribution in [0.3, 0.4) is 0 Å². The van der Waals surface area contributed by atoms with Gasteiger partial charge in [0.1, 0.15) is 0 Å². The minimum Gasteiger partial charge on any atom is -0.478 e. The second-order valence-electron chi connectivity index (χ2n) is 4.47. The molecule has 0 aliphatic carbocycles. The molecule has 1 aromatic carbocycles. The molecule has 1 aliphatic heterocycles. The van der Waals surface area contributed by atoms with Crippen LogP contribution in [0.25, 0.3) is 0 Å². The van der Waals surface area contributed by atoms with Crippen LogP contribution in [0, 0.1) is 5.92 Å². The maximum absolute atomic E-state index is 10.7. The van der Waals surface area contributed by atoms with Gasteiger partial charge in [-0.15, -0.1) is 0 Å². The molecule has 86 valence electrons. The van der Waals surface area contributed by atoms with Crippen LogP contribution in [0.4, 0.5) is 0 Å². The summed E-state index contributed by atoms with van der Waals surface area (Å²) in [5.74, 6) is 0.315. The van der Waals surface area contributed by atoms with Gasteiger partial charge in [0, 0.05) is 0 Å². The van der Waals surface area contributed by atoms with Crippen LogP contribution in [0.5, 0.6) is 0 Å². The van der Waals surface area contributed by atoms with Crippen molar-refractivity contribution < 1.29 is 9.90 Å². The molecule has 3 nitrogen and oxygen atoms in total. The summed E-state index contributed by atoms with van der Waals surface area (Å²) in [6.07, 6.45) is 1.21. The first-order chi connectivity index (χ1) is 7.68. The van der Waals surface area contributed by atoms with Crippen molar-refractivity contribution in [3.63, 3.8) is 0 Å². The quantitative estimate of drug-likeness (QED) is 0.818. The molecule has 0 aromatic heterocycles. The maximum atomic E-state index is 10.7. The summed E-state index contributed by atoms with van der Waals surface area (Å²) in [5.41, 5.74) is 1.60. The summed E-state index contributed by atoms with van der Waals surface area (Å²) in [4.78, 5) is 10.7. The highest BCUT2D eigenvalue weighted by Crippen LogP contribution is 2.28. The van der Waals surface area contributed by atoms with E-state index in [1.807, 2.05) is 12.1 Å². The second kappa shape index (κ2) is 4.66. The summed E-state index contributed by atoms with van der Waals surface area (Å²) in [5, 5.41) is 12.2. The zero-order valence-corrected chi connectivity index (χ0v) is 9.44. The van der Waals surface area contributed by atoms with Gasteiger partial charge in [0.2, 0.25) is 0 Å². The topological polar surface area (TPSA) is 49.3 Å². The Morgan fingerprint density at radius 1 is 1.44 bits per heavy atom. The van der Waals surface area contributed by atoms with Crippen LogP contribution in [0.1, 0.15) is 35.2 Å². The van der Waals surface area contributed by atoms with Crippen LogP contribution in [0.15, 0.2) is 24.3 Å². The van der Waals surface area contributed by atoms with Gasteiger partial charge in [-0.2, -0.15) is 0 Å². The highest BCUT2D eigenvalue weighted by molar-refractivity contribution is 5.87. The molecule has 2 N–H and O–H groups in total. The average molecular weight is 219 g/mol. The van der Waals surface area contributed by atoms with Crippen molar-refractivity contribution in [3.05, 3.63) is 35.4 Å². The highest BCUT2D eigenvalue weighted by atomic mass is 16.4. The lowest BCUT2D eigenvalue weighted by Gasteiger charge is -2.18. The Bertz CT molecular complexity index is 366. The molecule has 1 heterocycles. The molecule has 1 fully saturated rings. The maximum Gasteiger partial charge on any atom is 0.335 e. The number of aromatic carboxylic acids is 1. The molecule has 2 rings (SSSR count). The van der Waals surface area contributed by atoms with Gasteiger partial charge in [0.25, 0.3) is 0 Å². The third-order valence-electron chi connectivity index (χ3n) is 3.49. The summed E-state index contributed by atoms with van der Waals surface area (Å²) in [6.45, 7) is 4.39. The molecular weight excluding hydrogens is 202 g/mol. The van der Waals surface area contributed by atoms with E-state index in [0.29, 0.717) is 17.4 Å². The molecule has 1 saturated heterocycles. The smallest absolute Gasteiger partial charge is 0.335 e. The van der Waals surface area contributed by atoms with Gasteiger partial charge >= 0.3 is 5.97 Å². The zero-order valence-electron chi connectivity index (χ0n) is 9.44. The molecule has 2 unspecified atom stereocenters. The van der Waals surface area contributed by atoms with Crippen LogP contribution in [-0.2, 0) is 0 Å². The summed E-state index contributed by atoms with van der Waals surface area (Å²) in [7, 11) is 0. The van der Waals surface area contributed by atoms with Crippen molar-refractivity contribution in [1.82, 2.24) is 5.32 Å². The Kier molecular flexibility index (Phi) is 3.25. The van der Waals surface area contributed by atoms with Crippen molar-refractivity contribution in [3.8, 4) is 0 Å². The van der Waals surface area contributed by atoms with E-state index in [2.05, 4.69) is 12.2 Å². The number of benzene rings is 1. The van der Waals surface area contributed by atoms with E-state index in [0.717, 1.165) is 13.1 Å². The SMILES string of the molecule is CC(c1ccc(C(=O)O)cc1)C1CCNC1. The summed E-state index contributed by atoms with van der Waals surface area (Å²) in [6, 6.07) is 7.26. The Labute approximate surface area is 95.5 Å². The molecule has 0 amide bonds. The Balaban J connectivity index is 2.11. The fraction of sp³-hybridized carbons (Fsp3) is 0.462. The average Bonchev–Trinajstić information content (AvgIpc) is 2.81. The number of rotatable bonds is 3. The molecule has 3 heteroatoms. The van der Waals surface area contributed by atoms with Crippen molar-refractivity contribution in [1.29, 1.82) is 0 Å². The monoisotopic (exact) mass is 219 g/mol. The Morgan fingerprint density at radius 2 is 2.12 bits per heavy atom. The van der Waals surface area contributed by atoms with Gasteiger partial charge in [-0.1, -0.05) is 19.1 Å². The first-order valence-electron chi connectivity index (χ1n) is 5.72. The minimum absolute atomic E-state index is 0.362. The van der Waals surface area contributed by atoms with Crippen LogP contribution >= 0.6 is 0 Å². The first kappa shape index (κ1) is 11.1. The van der Waals surface area contributed by atoms with Crippen molar-refractivity contribution in [2.75, 3.05) is 13.1 Å². The van der Waals surface area contributed by atoms with E-state index in [1.54, 1.807) is 12.1 Å². The van der Waals surface area contributed by atoms with E-state index >= 15 is 0 Å². The molecule has 16 heavy (non-hydrogen) atoms. The predicted molar refractivity (Wildman–Crippen MR) is 62.8 cm³/mol. The molecule has 0 saturated carbocycles. The number of nitrogens with one attached hydrogen (secondary N) is 1. The number of hydrogen-bond acceptors (Lipinski definition) is 2. The molecule has 1 aromatic rings. The van der Waals surface area contributed by atoms with E-state index < -0.39 is 5.97 Å². The second-order valence-corrected chi connectivity index (χ2v) is 4.47. The minimum atomic E-state index is -0.860. The summed E-state index contributed by atoms with van der Waals surface area (Å²) < 4.78 is 0. The largest absolute Gasteiger partial charge is 0.478 e. The van der Waals surface area contributed by atoms with E-state index in [1.165, 1.54) is 12.0 Å². The van der Waals surface area contributed by atoms with Crippen LogP contribution in [-0.4, -0.2) is 24.2 Å². The van der Waals surface area contributed by atoms with Gasteiger partial charge < -0.3 is 10.4 Å². The number of carboxylic acid groups (broad SMARTS) is 1. The highest BCUT2D eigenvalue weighted by Gasteiger charge is 2.22. The van der Waals surface area contributed by atoms with Crippen LogP contribution < -0.4 is 5.32 Å². The lowest BCUT2D eigenvalue weighted by atomic mass is 9.87. The molecule has 1 aliphatic rings. The van der Waals surface area contributed by atoms with Gasteiger partial charge in [-0.3, -0.25) is 0 Å². The van der Waals surface area contributed by atoms with Gasteiger partial charge in [0.15, 0.2) is 0 Å². The third-order valence-corrected chi connectivity index (χ3v) is 3.49. The normalized spacial score (nSPS) is 21.9. The molecule has 0 radical (unpaired) electrons.